The summed E-state index contributed by atoms with van der Waals surface area (Å²) >= 11 is 6.15. The maximum Gasteiger partial charge on any atom is 0.138 e. The molecular formula is C15H9ClN4. The number of aromatic nitrogens is 4. The van der Waals surface area contributed by atoms with Crippen LogP contribution in [-0.4, -0.2) is 19.9 Å². The lowest BCUT2D eigenvalue weighted by Crippen LogP contribution is -1.84. The zero-order chi connectivity index (χ0) is 13.5. The fraction of sp³-hybridized carbons (Fsp3) is 0. The van der Waals surface area contributed by atoms with Gasteiger partial charge in [0.15, 0.2) is 0 Å². The Balaban J connectivity index is 2.16. The van der Waals surface area contributed by atoms with Gasteiger partial charge in [0.05, 0.1) is 0 Å². The third kappa shape index (κ3) is 1.58. The zero-order valence-corrected chi connectivity index (χ0v) is 11.1. The van der Waals surface area contributed by atoms with Gasteiger partial charge in [-0.15, -0.1) is 0 Å². The first kappa shape index (κ1) is 11.4. The van der Waals surface area contributed by atoms with Crippen LogP contribution in [0.2, 0.25) is 5.15 Å². The third-order valence-electron chi connectivity index (χ3n) is 3.38. The molecule has 0 bridgehead atoms. The van der Waals surface area contributed by atoms with Crippen LogP contribution in [0.15, 0.2) is 49.2 Å². The Hall–Kier alpha value is -2.46. The van der Waals surface area contributed by atoms with Gasteiger partial charge in [-0.05, 0) is 29.1 Å². The first-order valence-electron chi connectivity index (χ1n) is 6.15. The molecule has 0 fully saturated rings. The van der Waals surface area contributed by atoms with Crippen molar-refractivity contribution < 1.29 is 0 Å². The van der Waals surface area contributed by atoms with Crippen LogP contribution in [-0.2, 0) is 0 Å². The fourth-order valence-electron chi connectivity index (χ4n) is 2.46. The van der Waals surface area contributed by atoms with Gasteiger partial charge in [0.2, 0.25) is 0 Å². The van der Waals surface area contributed by atoms with E-state index in [1.807, 2.05) is 24.4 Å². The first-order valence-corrected chi connectivity index (χ1v) is 6.53. The molecule has 0 aliphatic carbocycles. The normalized spacial score (nSPS) is 11.2. The molecule has 4 aromatic heterocycles. The van der Waals surface area contributed by atoms with Crippen LogP contribution < -0.4 is 0 Å². The molecule has 0 atom stereocenters. The largest absolute Gasteiger partial charge is 0.345 e. The molecule has 0 aromatic carbocycles. The summed E-state index contributed by atoms with van der Waals surface area (Å²) in [6, 6.07) is 5.91. The summed E-state index contributed by atoms with van der Waals surface area (Å²) in [5.41, 5.74) is 3.02. The van der Waals surface area contributed by atoms with E-state index < -0.39 is 0 Å². The molecular weight excluding hydrogens is 272 g/mol. The smallest absolute Gasteiger partial charge is 0.138 e. The number of nitrogens with one attached hydrogen (secondary N) is 1. The van der Waals surface area contributed by atoms with E-state index in [0.717, 1.165) is 32.9 Å². The summed E-state index contributed by atoms with van der Waals surface area (Å²) in [4.78, 5) is 15.8. The molecule has 1 N–H and O–H groups in total. The van der Waals surface area contributed by atoms with Gasteiger partial charge in [-0.3, -0.25) is 4.98 Å². The van der Waals surface area contributed by atoms with Gasteiger partial charge in [0.1, 0.15) is 10.8 Å². The molecule has 4 rings (SSSR count). The van der Waals surface area contributed by atoms with E-state index in [0.29, 0.717) is 5.15 Å². The highest BCUT2D eigenvalue weighted by Crippen LogP contribution is 2.34. The van der Waals surface area contributed by atoms with E-state index in [4.69, 9.17) is 11.6 Å². The number of H-pyrrole nitrogens is 1. The summed E-state index contributed by atoms with van der Waals surface area (Å²) in [6.07, 6.45) is 8.98. The van der Waals surface area contributed by atoms with Crippen molar-refractivity contribution in [3.8, 4) is 11.1 Å². The monoisotopic (exact) mass is 280 g/mol. The van der Waals surface area contributed by atoms with Crippen LogP contribution in [0.3, 0.4) is 0 Å². The lowest BCUT2D eigenvalue weighted by Gasteiger charge is -2.03. The Kier molecular flexibility index (Phi) is 2.44. The van der Waals surface area contributed by atoms with Crippen LogP contribution in [0.4, 0.5) is 0 Å². The number of halogens is 1. The molecule has 4 aromatic rings. The molecule has 0 radical (unpaired) electrons. The molecule has 0 amide bonds. The minimum absolute atomic E-state index is 0.471. The predicted octanol–water partition coefficient (Wildman–Crippen LogP) is 3.83. The molecule has 0 aliphatic heterocycles. The first-order chi connectivity index (χ1) is 9.84. The number of nitrogens with zero attached hydrogens (tertiary/aromatic N) is 3. The average Bonchev–Trinajstić information content (AvgIpc) is 2.93. The second-order valence-electron chi connectivity index (χ2n) is 4.48. The van der Waals surface area contributed by atoms with Crippen LogP contribution in [0.5, 0.6) is 0 Å². The second-order valence-corrected chi connectivity index (χ2v) is 4.84. The summed E-state index contributed by atoms with van der Waals surface area (Å²) in [5, 5.41) is 3.43. The van der Waals surface area contributed by atoms with Gasteiger partial charge in [0, 0.05) is 47.3 Å². The summed E-state index contributed by atoms with van der Waals surface area (Å²) in [7, 11) is 0. The van der Waals surface area contributed by atoms with Crippen molar-refractivity contribution in [3.63, 3.8) is 0 Å². The SMILES string of the molecule is Clc1nccc2c1cnc1[nH]cc(-c3ccncc3)c12. The Morgan fingerprint density at radius 2 is 1.80 bits per heavy atom. The van der Waals surface area contributed by atoms with Crippen molar-refractivity contribution in [2.45, 2.75) is 0 Å². The summed E-state index contributed by atoms with van der Waals surface area (Å²) in [6.45, 7) is 0. The summed E-state index contributed by atoms with van der Waals surface area (Å²) in [5.74, 6) is 0. The highest BCUT2D eigenvalue weighted by molar-refractivity contribution is 6.35. The van der Waals surface area contributed by atoms with E-state index in [2.05, 4.69) is 19.9 Å². The van der Waals surface area contributed by atoms with Gasteiger partial charge >= 0.3 is 0 Å². The molecule has 4 heterocycles. The fourth-order valence-corrected chi connectivity index (χ4v) is 2.67. The molecule has 0 saturated carbocycles. The van der Waals surface area contributed by atoms with Crippen molar-refractivity contribution >= 4 is 33.4 Å². The molecule has 20 heavy (non-hydrogen) atoms. The number of hydrogen-bond acceptors (Lipinski definition) is 3. The Bertz CT molecular complexity index is 915. The van der Waals surface area contributed by atoms with Crippen molar-refractivity contribution in [2.24, 2.45) is 0 Å². The second kappa shape index (κ2) is 4.28. The highest BCUT2D eigenvalue weighted by atomic mass is 35.5. The Labute approximate surface area is 119 Å². The van der Waals surface area contributed by atoms with Crippen molar-refractivity contribution in [2.75, 3.05) is 0 Å². The molecule has 5 heteroatoms. The van der Waals surface area contributed by atoms with Crippen LogP contribution in [0, 0.1) is 0 Å². The van der Waals surface area contributed by atoms with Gasteiger partial charge in [-0.25, -0.2) is 9.97 Å². The number of fused-ring (bicyclic) bond motifs is 3. The number of pyridine rings is 3. The van der Waals surface area contributed by atoms with Gasteiger partial charge < -0.3 is 4.98 Å². The van der Waals surface area contributed by atoms with Gasteiger partial charge in [-0.2, -0.15) is 0 Å². The standard InChI is InChI=1S/C15H9ClN4/c16-14-12-8-20-15-13(10(12)3-6-18-14)11(7-19-15)9-1-4-17-5-2-9/h1-8H,(H,19,20). The maximum absolute atomic E-state index is 6.15. The highest BCUT2D eigenvalue weighted by Gasteiger charge is 2.12. The minimum Gasteiger partial charge on any atom is -0.345 e. The lowest BCUT2D eigenvalue weighted by molar-refractivity contribution is 1.32. The van der Waals surface area contributed by atoms with E-state index in [-0.39, 0.29) is 0 Å². The summed E-state index contributed by atoms with van der Waals surface area (Å²) < 4.78 is 0. The third-order valence-corrected chi connectivity index (χ3v) is 3.69. The van der Waals surface area contributed by atoms with Crippen LogP contribution >= 0.6 is 11.6 Å². The maximum atomic E-state index is 6.15. The Morgan fingerprint density at radius 1 is 0.950 bits per heavy atom. The van der Waals surface area contributed by atoms with Crippen LogP contribution in [0.1, 0.15) is 0 Å². The van der Waals surface area contributed by atoms with Crippen molar-refractivity contribution in [1.29, 1.82) is 0 Å². The van der Waals surface area contributed by atoms with E-state index in [1.165, 1.54) is 0 Å². The number of hydrogen-bond donors (Lipinski definition) is 1. The predicted molar refractivity (Wildman–Crippen MR) is 79.6 cm³/mol. The molecule has 0 saturated heterocycles. The van der Waals surface area contributed by atoms with Crippen molar-refractivity contribution in [1.82, 2.24) is 19.9 Å². The van der Waals surface area contributed by atoms with E-state index in [9.17, 15) is 0 Å². The molecule has 0 unspecified atom stereocenters. The minimum atomic E-state index is 0.471. The van der Waals surface area contributed by atoms with Crippen LogP contribution in [0.25, 0.3) is 32.9 Å². The molecule has 4 nitrogen and oxygen atoms in total. The van der Waals surface area contributed by atoms with E-state index >= 15 is 0 Å². The zero-order valence-electron chi connectivity index (χ0n) is 10.3. The molecule has 0 spiro atoms. The lowest BCUT2D eigenvalue weighted by atomic mass is 10.0. The van der Waals surface area contributed by atoms with E-state index in [1.54, 1.807) is 24.8 Å². The number of rotatable bonds is 1. The topological polar surface area (TPSA) is 54.5 Å². The Morgan fingerprint density at radius 3 is 2.65 bits per heavy atom. The average molecular weight is 281 g/mol. The number of aromatic amines is 1. The molecule has 96 valence electrons. The molecule has 0 aliphatic rings. The van der Waals surface area contributed by atoms with Gasteiger partial charge in [-0.1, -0.05) is 11.6 Å². The van der Waals surface area contributed by atoms with Gasteiger partial charge in [0.25, 0.3) is 0 Å². The quantitative estimate of drug-likeness (QED) is 0.539. The van der Waals surface area contributed by atoms with Crippen molar-refractivity contribution in [3.05, 3.63) is 54.3 Å².